The van der Waals surface area contributed by atoms with Gasteiger partial charge in [-0.25, -0.2) is 0 Å². The third kappa shape index (κ3) is 5.72. The molecular weight excluding hydrogens is 406 g/mol. The number of ether oxygens (including phenoxy) is 1. The highest BCUT2D eigenvalue weighted by Crippen LogP contribution is 2.16. The van der Waals surface area contributed by atoms with Gasteiger partial charge in [-0.1, -0.05) is 18.2 Å². The zero-order valence-electron chi connectivity index (χ0n) is 16.3. The van der Waals surface area contributed by atoms with Crippen LogP contribution in [0.5, 0.6) is 5.75 Å². The maximum Gasteiger partial charge on any atom is 0.252 e. The molecule has 0 aromatic heterocycles. The van der Waals surface area contributed by atoms with Crippen LogP contribution in [0, 0.1) is 0 Å². The van der Waals surface area contributed by atoms with Gasteiger partial charge in [0.2, 0.25) is 11.8 Å². The Morgan fingerprint density at radius 2 is 1.83 bits per heavy atom. The number of anilines is 1. The Kier molecular flexibility index (Phi) is 7.28. The van der Waals surface area contributed by atoms with Crippen LogP contribution in [0.3, 0.4) is 0 Å². The summed E-state index contributed by atoms with van der Waals surface area (Å²) >= 11 is 1.18. The molecule has 1 fully saturated rings. The van der Waals surface area contributed by atoms with E-state index in [1.165, 1.54) is 11.8 Å². The summed E-state index contributed by atoms with van der Waals surface area (Å²) in [5, 5.41) is 11.1. The lowest BCUT2D eigenvalue weighted by Gasteiger charge is -2.35. The van der Waals surface area contributed by atoms with Gasteiger partial charge in [-0.15, -0.1) is 11.8 Å². The van der Waals surface area contributed by atoms with Crippen molar-refractivity contribution in [2.75, 3.05) is 18.2 Å². The van der Waals surface area contributed by atoms with Gasteiger partial charge >= 0.3 is 0 Å². The third-order valence-electron chi connectivity index (χ3n) is 4.34. The molecule has 3 amide bonds. The standard InChI is InChI=1S/C20H23N5O4S/c1-29-14-9-7-13(8-10-14)22-15(26)11-30-20-24-17(21)16(19(28)25-20)23-18(27)12-5-3-2-4-6-12/h2-10,16-17,20,24H,11,21H2,1H3,(H,22,26)(H,23,27)(H,25,28). The number of nitrogens with one attached hydrogen (secondary N) is 4. The summed E-state index contributed by atoms with van der Waals surface area (Å²) in [7, 11) is 1.57. The normalized spacial score (nSPS) is 20.7. The third-order valence-corrected chi connectivity index (χ3v) is 5.35. The summed E-state index contributed by atoms with van der Waals surface area (Å²) in [5.74, 6) is -0.247. The van der Waals surface area contributed by atoms with Crippen molar-refractivity contribution >= 4 is 35.2 Å². The van der Waals surface area contributed by atoms with Gasteiger partial charge in [-0.3, -0.25) is 19.7 Å². The number of carbonyl (C=O) groups excluding carboxylic acids is 3. The Morgan fingerprint density at radius 1 is 1.13 bits per heavy atom. The molecule has 9 nitrogen and oxygen atoms in total. The van der Waals surface area contributed by atoms with Crippen LogP contribution in [0.4, 0.5) is 5.69 Å². The van der Waals surface area contributed by atoms with Gasteiger partial charge in [-0.2, -0.15) is 0 Å². The number of hydrogen-bond donors (Lipinski definition) is 5. The van der Waals surface area contributed by atoms with E-state index in [4.69, 9.17) is 10.5 Å². The first-order chi connectivity index (χ1) is 14.5. The summed E-state index contributed by atoms with van der Waals surface area (Å²) in [5.41, 5.74) is 6.55. The summed E-state index contributed by atoms with van der Waals surface area (Å²) < 4.78 is 5.08. The number of carbonyl (C=O) groups is 3. The van der Waals surface area contributed by atoms with Gasteiger partial charge in [0.25, 0.3) is 5.91 Å². The molecule has 1 aliphatic heterocycles. The van der Waals surface area contributed by atoms with E-state index in [-0.39, 0.29) is 11.7 Å². The predicted molar refractivity (Wildman–Crippen MR) is 115 cm³/mol. The van der Waals surface area contributed by atoms with Crippen LogP contribution in [0.1, 0.15) is 10.4 Å². The van der Waals surface area contributed by atoms with Crippen LogP contribution in [-0.4, -0.2) is 48.3 Å². The van der Waals surface area contributed by atoms with E-state index in [9.17, 15) is 14.4 Å². The lowest BCUT2D eigenvalue weighted by molar-refractivity contribution is -0.125. The van der Waals surface area contributed by atoms with Gasteiger partial charge < -0.3 is 26.4 Å². The highest BCUT2D eigenvalue weighted by Gasteiger charge is 2.35. The number of methoxy groups -OCH3 is 1. The zero-order valence-corrected chi connectivity index (χ0v) is 17.1. The fraction of sp³-hybridized carbons (Fsp3) is 0.250. The van der Waals surface area contributed by atoms with E-state index in [1.807, 2.05) is 0 Å². The first-order valence-corrected chi connectivity index (χ1v) is 10.2. The number of benzene rings is 2. The molecule has 0 saturated carbocycles. The molecule has 2 aromatic rings. The van der Waals surface area contributed by atoms with Crippen molar-refractivity contribution in [1.82, 2.24) is 16.0 Å². The molecule has 3 rings (SSSR count). The number of thioether (sulfide) groups is 1. The smallest absolute Gasteiger partial charge is 0.252 e. The van der Waals surface area contributed by atoms with Crippen molar-refractivity contribution in [2.24, 2.45) is 5.73 Å². The molecule has 6 N–H and O–H groups in total. The van der Waals surface area contributed by atoms with Crippen molar-refractivity contribution in [2.45, 2.75) is 17.7 Å². The molecule has 3 unspecified atom stereocenters. The van der Waals surface area contributed by atoms with E-state index in [2.05, 4.69) is 21.3 Å². The first-order valence-electron chi connectivity index (χ1n) is 9.19. The van der Waals surface area contributed by atoms with Crippen LogP contribution < -0.4 is 31.7 Å². The van der Waals surface area contributed by atoms with Crippen LogP contribution in [-0.2, 0) is 9.59 Å². The van der Waals surface area contributed by atoms with Crippen LogP contribution in [0.15, 0.2) is 54.6 Å². The predicted octanol–water partition coefficient (Wildman–Crippen LogP) is 0.453. The van der Waals surface area contributed by atoms with Crippen LogP contribution >= 0.6 is 11.8 Å². The van der Waals surface area contributed by atoms with Crippen LogP contribution in [0.25, 0.3) is 0 Å². The molecule has 10 heteroatoms. The maximum absolute atomic E-state index is 12.4. The maximum atomic E-state index is 12.4. The van der Waals surface area contributed by atoms with E-state index < -0.39 is 29.5 Å². The fourth-order valence-electron chi connectivity index (χ4n) is 2.78. The van der Waals surface area contributed by atoms with Gasteiger partial charge in [0.15, 0.2) is 0 Å². The van der Waals surface area contributed by atoms with Gasteiger partial charge in [0.05, 0.1) is 19.0 Å². The molecule has 1 aliphatic rings. The van der Waals surface area contributed by atoms with E-state index in [0.29, 0.717) is 17.0 Å². The minimum atomic E-state index is -0.928. The molecule has 0 radical (unpaired) electrons. The molecule has 0 bridgehead atoms. The summed E-state index contributed by atoms with van der Waals surface area (Å²) in [6.45, 7) is 0. The number of hydrogen-bond acceptors (Lipinski definition) is 7. The molecule has 30 heavy (non-hydrogen) atoms. The Bertz CT molecular complexity index is 894. The molecular formula is C20H23N5O4S. The van der Waals surface area contributed by atoms with Gasteiger partial charge in [0.1, 0.15) is 17.3 Å². The van der Waals surface area contributed by atoms with Crippen molar-refractivity contribution in [1.29, 1.82) is 0 Å². The van der Waals surface area contributed by atoms with Crippen molar-refractivity contribution in [3.63, 3.8) is 0 Å². The summed E-state index contributed by atoms with van der Waals surface area (Å²) in [4.78, 5) is 36.8. The van der Waals surface area contributed by atoms with E-state index >= 15 is 0 Å². The number of amides is 3. The van der Waals surface area contributed by atoms with Crippen LogP contribution in [0.2, 0.25) is 0 Å². The minimum Gasteiger partial charge on any atom is -0.497 e. The zero-order chi connectivity index (χ0) is 21.5. The lowest BCUT2D eigenvalue weighted by atomic mass is 10.1. The second-order valence-electron chi connectivity index (χ2n) is 6.49. The number of nitrogens with two attached hydrogens (primary N) is 1. The Morgan fingerprint density at radius 3 is 2.47 bits per heavy atom. The highest BCUT2D eigenvalue weighted by atomic mass is 32.2. The Hall–Kier alpha value is -3.08. The lowest BCUT2D eigenvalue weighted by Crippen LogP contribution is -2.70. The molecule has 0 spiro atoms. The second-order valence-corrected chi connectivity index (χ2v) is 7.58. The molecule has 1 saturated heterocycles. The molecule has 0 aliphatic carbocycles. The number of rotatable bonds is 7. The monoisotopic (exact) mass is 429 g/mol. The highest BCUT2D eigenvalue weighted by molar-refractivity contribution is 8.00. The Labute approximate surface area is 178 Å². The van der Waals surface area contributed by atoms with Crippen molar-refractivity contribution in [3.8, 4) is 5.75 Å². The van der Waals surface area contributed by atoms with E-state index in [0.717, 1.165) is 0 Å². The average Bonchev–Trinajstić information content (AvgIpc) is 2.76. The first kappa shape index (κ1) is 21.6. The summed E-state index contributed by atoms with van der Waals surface area (Å²) in [6.07, 6.45) is -0.798. The van der Waals surface area contributed by atoms with Crippen molar-refractivity contribution in [3.05, 3.63) is 60.2 Å². The fourth-order valence-corrected chi connectivity index (χ4v) is 3.63. The largest absolute Gasteiger partial charge is 0.497 e. The second kappa shape index (κ2) is 10.1. The molecule has 3 atom stereocenters. The van der Waals surface area contributed by atoms with Crippen molar-refractivity contribution < 1.29 is 19.1 Å². The molecule has 2 aromatic carbocycles. The average molecular weight is 430 g/mol. The molecule has 158 valence electrons. The van der Waals surface area contributed by atoms with E-state index in [1.54, 1.807) is 61.7 Å². The molecule has 1 heterocycles. The van der Waals surface area contributed by atoms with Gasteiger partial charge in [0, 0.05) is 11.3 Å². The van der Waals surface area contributed by atoms with Gasteiger partial charge in [-0.05, 0) is 36.4 Å². The SMILES string of the molecule is COc1ccc(NC(=O)CSC2NC(=O)C(NC(=O)c3ccccc3)C(N)N2)cc1. The Balaban J connectivity index is 1.47. The minimum absolute atomic E-state index is 0.0950. The summed E-state index contributed by atoms with van der Waals surface area (Å²) in [6, 6.07) is 14.6. The topological polar surface area (TPSA) is 135 Å². The quantitative estimate of drug-likeness (QED) is 0.431.